The normalized spacial score (nSPS) is 19.1. The van der Waals surface area contributed by atoms with E-state index in [1.54, 1.807) is 0 Å². The zero-order valence-electron chi connectivity index (χ0n) is 11.6. The lowest BCUT2D eigenvalue weighted by Crippen LogP contribution is -2.31. The van der Waals surface area contributed by atoms with Gasteiger partial charge in [-0.05, 0) is 6.42 Å². The largest absolute Gasteiger partial charge is 0.494 e. The van der Waals surface area contributed by atoms with Gasteiger partial charge in [-0.1, -0.05) is 0 Å². The Kier molecular flexibility index (Phi) is 6.00. The molecule has 0 bridgehead atoms. The van der Waals surface area contributed by atoms with Gasteiger partial charge in [-0.15, -0.1) is 23.7 Å². The van der Waals surface area contributed by atoms with Crippen LogP contribution in [0.4, 0.5) is 0 Å². The van der Waals surface area contributed by atoms with Crippen LogP contribution in [0.25, 0.3) is 0 Å². The third-order valence-electron chi connectivity index (χ3n) is 3.03. The van der Waals surface area contributed by atoms with Gasteiger partial charge in [-0.25, -0.2) is 13.2 Å². The first-order valence-electron chi connectivity index (χ1n) is 5.92. The molecule has 0 spiro atoms. The van der Waals surface area contributed by atoms with Crippen LogP contribution >= 0.6 is 23.7 Å². The molecule has 21 heavy (non-hydrogen) atoms. The van der Waals surface area contributed by atoms with Crippen LogP contribution in [-0.2, 0) is 14.8 Å². The molecule has 1 atom stereocenters. The van der Waals surface area contributed by atoms with Gasteiger partial charge in [0.2, 0.25) is 0 Å². The van der Waals surface area contributed by atoms with Gasteiger partial charge in [0.05, 0.1) is 14.2 Å². The van der Waals surface area contributed by atoms with E-state index >= 15 is 0 Å². The topological polar surface area (TPSA) is 98.9 Å². The van der Waals surface area contributed by atoms with Gasteiger partial charge >= 0.3 is 5.97 Å². The number of esters is 1. The number of rotatable bonds is 4. The summed E-state index contributed by atoms with van der Waals surface area (Å²) in [5.41, 5.74) is 5.74. The van der Waals surface area contributed by atoms with Gasteiger partial charge in [0.15, 0.2) is 9.96 Å². The lowest BCUT2D eigenvalue weighted by Gasteiger charge is -2.15. The lowest BCUT2D eigenvalue weighted by atomic mass is 10.3. The van der Waals surface area contributed by atoms with Crippen LogP contribution in [0.5, 0.6) is 5.75 Å². The molecule has 10 heteroatoms. The quantitative estimate of drug-likeness (QED) is 0.797. The fraction of sp³-hybridized carbons (Fsp3) is 0.545. The molecule has 7 nitrogen and oxygen atoms in total. The van der Waals surface area contributed by atoms with Gasteiger partial charge in [0.25, 0.3) is 10.0 Å². The molecule has 1 fully saturated rings. The monoisotopic (exact) mass is 356 g/mol. The maximum absolute atomic E-state index is 12.5. The van der Waals surface area contributed by atoms with Crippen molar-refractivity contribution in [2.45, 2.75) is 16.7 Å². The molecule has 0 amide bonds. The Bertz CT molecular complexity index is 616. The van der Waals surface area contributed by atoms with Gasteiger partial charge in [-0.2, -0.15) is 4.31 Å². The molecule has 1 aliphatic rings. The summed E-state index contributed by atoms with van der Waals surface area (Å²) in [6.45, 7) is 0.648. The molecule has 120 valence electrons. The summed E-state index contributed by atoms with van der Waals surface area (Å²) in [4.78, 5) is 11.7. The Hall–Kier alpha value is -0.870. The molecule has 2 N–H and O–H groups in total. The van der Waals surface area contributed by atoms with E-state index in [9.17, 15) is 13.2 Å². The van der Waals surface area contributed by atoms with Crippen molar-refractivity contribution in [2.24, 2.45) is 5.73 Å². The molecule has 2 rings (SSSR count). The van der Waals surface area contributed by atoms with Crippen molar-refractivity contribution in [3.8, 4) is 5.75 Å². The predicted octanol–water partition coefficient (Wildman–Crippen LogP) is 0.687. The fourth-order valence-electron chi connectivity index (χ4n) is 1.97. The molecule has 0 unspecified atom stereocenters. The zero-order valence-corrected chi connectivity index (χ0v) is 14.0. The highest BCUT2D eigenvalue weighted by atomic mass is 35.5. The van der Waals surface area contributed by atoms with Crippen LogP contribution in [0.1, 0.15) is 16.1 Å². The predicted molar refractivity (Wildman–Crippen MR) is 80.8 cm³/mol. The third-order valence-corrected chi connectivity index (χ3v) is 6.49. The number of nitrogens with two attached hydrogens (primary N) is 1. The third kappa shape index (κ3) is 3.49. The smallest absolute Gasteiger partial charge is 0.348 e. The molecule has 1 aromatic heterocycles. The van der Waals surface area contributed by atoms with E-state index in [1.807, 2.05) is 0 Å². The number of thiophene rings is 1. The van der Waals surface area contributed by atoms with Crippen LogP contribution in [0.3, 0.4) is 0 Å². The molecule has 2 heterocycles. The van der Waals surface area contributed by atoms with Crippen molar-refractivity contribution < 1.29 is 22.7 Å². The summed E-state index contributed by atoms with van der Waals surface area (Å²) in [6.07, 6.45) is 0.622. The van der Waals surface area contributed by atoms with E-state index in [0.717, 1.165) is 11.3 Å². The van der Waals surface area contributed by atoms with E-state index in [-0.39, 0.29) is 39.8 Å². The van der Waals surface area contributed by atoms with Crippen molar-refractivity contribution in [3.05, 3.63) is 10.9 Å². The standard InChI is InChI=1S/C11H16N2O5S2.ClH/c1-17-8-5-9(10(14)18-2)19-11(8)20(15,16)13-4-3-7(12)6-13;/h5,7H,3-4,6,12H2,1-2H3;1H/t7-;/m1./s1. The number of nitrogens with zero attached hydrogens (tertiary/aromatic N) is 1. The molecule has 0 radical (unpaired) electrons. The number of carbonyl (C=O) groups excluding carboxylic acids is 1. The Morgan fingerprint density at radius 3 is 2.62 bits per heavy atom. The highest BCUT2D eigenvalue weighted by Crippen LogP contribution is 2.36. The number of hydrogen-bond acceptors (Lipinski definition) is 7. The van der Waals surface area contributed by atoms with Gasteiger partial charge < -0.3 is 15.2 Å². The maximum atomic E-state index is 12.5. The highest BCUT2D eigenvalue weighted by molar-refractivity contribution is 7.91. The Morgan fingerprint density at radius 2 is 2.14 bits per heavy atom. The first kappa shape index (κ1) is 18.2. The van der Waals surface area contributed by atoms with E-state index < -0.39 is 16.0 Å². The summed E-state index contributed by atoms with van der Waals surface area (Å²) in [7, 11) is -1.10. The summed E-state index contributed by atoms with van der Waals surface area (Å²) >= 11 is 0.842. The van der Waals surface area contributed by atoms with E-state index in [4.69, 9.17) is 10.5 Å². The Morgan fingerprint density at radius 1 is 1.48 bits per heavy atom. The van der Waals surface area contributed by atoms with Gasteiger partial charge in [0, 0.05) is 25.2 Å². The molecule has 1 aromatic rings. The van der Waals surface area contributed by atoms with Crippen LogP contribution < -0.4 is 10.5 Å². The van der Waals surface area contributed by atoms with Crippen molar-refractivity contribution in [2.75, 3.05) is 27.3 Å². The minimum Gasteiger partial charge on any atom is -0.494 e. The molecule has 0 aliphatic carbocycles. The molecule has 1 saturated heterocycles. The SMILES string of the molecule is COC(=O)c1cc(OC)c(S(=O)(=O)N2CC[C@@H](N)C2)s1.Cl. The average Bonchev–Trinajstić information content (AvgIpc) is 3.04. The maximum Gasteiger partial charge on any atom is 0.348 e. The van der Waals surface area contributed by atoms with Crippen LogP contribution in [0.15, 0.2) is 10.3 Å². The van der Waals surface area contributed by atoms with E-state index in [2.05, 4.69) is 4.74 Å². The van der Waals surface area contributed by atoms with E-state index in [1.165, 1.54) is 24.6 Å². The van der Waals surface area contributed by atoms with Crippen molar-refractivity contribution >= 4 is 39.7 Å². The molecule has 0 saturated carbocycles. The highest BCUT2D eigenvalue weighted by Gasteiger charge is 2.35. The molecular weight excluding hydrogens is 340 g/mol. The van der Waals surface area contributed by atoms with Crippen molar-refractivity contribution in [1.82, 2.24) is 4.31 Å². The van der Waals surface area contributed by atoms with Gasteiger partial charge in [0.1, 0.15) is 4.88 Å². The second-order valence-corrected chi connectivity index (χ2v) is 7.56. The second kappa shape index (κ2) is 6.93. The number of carbonyl (C=O) groups is 1. The molecule has 0 aromatic carbocycles. The zero-order chi connectivity index (χ0) is 14.9. The van der Waals surface area contributed by atoms with Crippen LogP contribution in [-0.4, -0.2) is 52.0 Å². The van der Waals surface area contributed by atoms with Crippen molar-refractivity contribution in [3.63, 3.8) is 0 Å². The Labute approximate surface area is 133 Å². The Balaban J connectivity index is 0.00000220. The first-order chi connectivity index (χ1) is 9.40. The van der Waals surface area contributed by atoms with Crippen molar-refractivity contribution in [1.29, 1.82) is 0 Å². The van der Waals surface area contributed by atoms with Crippen LogP contribution in [0.2, 0.25) is 0 Å². The second-order valence-electron chi connectivity index (χ2n) is 4.37. The summed E-state index contributed by atoms with van der Waals surface area (Å²) in [5.74, 6) is -0.441. The van der Waals surface area contributed by atoms with Gasteiger partial charge in [-0.3, -0.25) is 0 Å². The summed E-state index contributed by atoms with van der Waals surface area (Å²) < 4.78 is 36.0. The number of halogens is 1. The number of hydrogen-bond donors (Lipinski definition) is 1. The first-order valence-corrected chi connectivity index (χ1v) is 8.17. The summed E-state index contributed by atoms with van der Waals surface area (Å²) in [5, 5.41) is 0. The number of methoxy groups -OCH3 is 2. The number of sulfonamides is 1. The average molecular weight is 357 g/mol. The minimum absolute atomic E-state index is 0. The molecular formula is C11H17ClN2O5S2. The van der Waals surface area contributed by atoms with Crippen LogP contribution in [0, 0.1) is 0 Å². The number of ether oxygens (including phenoxy) is 2. The fourth-order valence-corrected chi connectivity index (χ4v) is 5.12. The summed E-state index contributed by atoms with van der Waals surface area (Å²) in [6, 6.07) is 1.22. The van der Waals surface area contributed by atoms with E-state index in [0.29, 0.717) is 13.0 Å². The minimum atomic E-state index is -3.70. The molecule has 1 aliphatic heterocycles. The lowest BCUT2D eigenvalue weighted by molar-refractivity contribution is 0.0606.